The molecule has 2 atom stereocenters. The SMILES string of the molecule is Cc1ccc(C)c2c1CN1C(=N2)C2CCC1C2. The molecule has 2 heteroatoms. The normalized spacial score (nSPS) is 29.1. The molecule has 0 spiro atoms. The Morgan fingerprint density at radius 1 is 1.18 bits per heavy atom. The van der Waals surface area contributed by atoms with E-state index in [4.69, 9.17) is 4.99 Å². The van der Waals surface area contributed by atoms with Crippen LogP contribution in [0.4, 0.5) is 5.69 Å². The van der Waals surface area contributed by atoms with Crippen molar-refractivity contribution in [2.24, 2.45) is 10.9 Å². The lowest BCUT2D eigenvalue weighted by Gasteiger charge is -2.35. The summed E-state index contributed by atoms with van der Waals surface area (Å²) in [5, 5.41) is 0. The van der Waals surface area contributed by atoms with Crippen LogP contribution in [-0.2, 0) is 6.54 Å². The molecule has 1 saturated heterocycles. The number of hydrogen-bond acceptors (Lipinski definition) is 2. The number of benzene rings is 1. The summed E-state index contributed by atoms with van der Waals surface area (Å²) in [5.41, 5.74) is 5.46. The molecule has 1 aromatic carbocycles. The summed E-state index contributed by atoms with van der Waals surface area (Å²) in [5.74, 6) is 2.15. The molecule has 2 nitrogen and oxygen atoms in total. The third-order valence-electron chi connectivity index (χ3n) is 4.78. The third-order valence-corrected chi connectivity index (χ3v) is 4.78. The Hall–Kier alpha value is -1.31. The Morgan fingerprint density at radius 3 is 2.88 bits per heavy atom. The van der Waals surface area contributed by atoms with Gasteiger partial charge in [0.05, 0.1) is 5.69 Å². The maximum atomic E-state index is 4.99. The zero-order valence-electron chi connectivity index (χ0n) is 10.5. The van der Waals surface area contributed by atoms with Crippen molar-refractivity contribution in [3.05, 3.63) is 28.8 Å². The van der Waals surface area contributed by atoms with E-state index >= 15 is 0 Å². The van der Waals surface area contributed by atoms with E-state index < -0.39 is 0 Å². The molecule has 2 heterocycles. The van der Waals surface area contributed by atoms with Gasteiger partial charge in [-0.25, -0.2) is 4.99 Å². The van der Waals surface area contributed by atoms with Crippen molar-refractivity contribution in [1.82, 2.24) is 4.90 Å². The molecule has 1 aliphatic carbocycles. The Labute approximate surface area is 102 Å². The van der Waals surface area contributed by atoms with Crippen molar-refractivity contribution in [3.63, 3.8) is 0 Å². The molecule has 1 saturated carbocycles. The topological polar surface area (TPSA) is 15.6 Å². The van der Waals surface area contributed by atoms with Crippen molar-refractivity contribution >= 4 is 11.5 Å². The minimum atomic E-state index is 0.757. The van der Waals surface area contributed by atoms with Crippen LogP contribution in [0.1, 0.15) is 36.0 Å². The van der Waals surface area contributed by atoms with Crippen molar-refractivity contribution in [2.45, 2.75) is 45.7 Å². The molecule has 3 aliphatic rings. The summed E-state index contributed by atoms with van der Waals surface area (Å²) in [7, 11) is 0. The van der Waals surface area contributed by atoms with Crippen LogP contribution in [-0.4, -0.2) is 16.8 Å². The van der Waals surface area contributed by atoms with Crippen LogP contribution in [0.15, 0.2) is 17.1 Å². The van der Waals surface area contributed by atoms with E-state index in [1.54, 1.807) is 0 Å². The first-order chi connectivity index (χ1) is 8.24. The molecule has 2 fully saturated rings. The van der Waals surface area contributed by atoms with Gasteiger partial charge in [0.15, 0.2) is 0 Å². The van der Waals surface area contributed by atoms with E-state index in [2.05, 4.69) is 30.9 Å². The van der Waals surface area contributed by atoms with Crippen LogP contribution < -0.4 is 0 Å². The van der Waals surface area contributed by atoms with Crippen LogP contribution in [0.2, 0.25) is 0 Å². The second kappa shape index (κ2) is 3.12. The van der Waals surface area contributed by atoms with E-state index in [-0.39, 0.29) is 0 Å². The lowest BCUT2D eigenvalue weighted by molar-refractivity contribution is 0.316. The van der Waals surface area contributed by atoms with Crippen LogP contribution in [0.5, 0.6) is 0 Å². The number of rotatable bonds is 0. The van der Waals surface area contributed by atoms with Crippen molar-refractivity contribution in [2.75, 3.05) is 0 Å². The number of fused-ring (bicyclic) bond motifs is 6. The van der Waals surface area contributed by atoms with E-state index in [0.29, 0.717) is 0 Å². The van der Waals surface area contributed by atoms with Gasteiger partial charge in [0.1, 0.15) is 5.84 Å². The molecule has 0 radical (unpaired) electrons. The average Bonchev–Trinajstić information content (AvgIpc) is 2.94. The molecule has 2 bridgehead atoms. The summed E-state index contributed by atoms with van der Waals surface area (Å²) in [6.07, 6.45) is 4.09. The van der Waals surface area contributed by atoms with Gasteiger partial charge in [0.2, 0.25) is 0 Å². The molecule has 17 heavy (non-hydrogen) atoms. The molecular formula is C15H18N2. The Morgan fingerprint density at radius 2 is 2.00 bits per heavy atom. The first kappa shape index (κ1) is 9.69. The van der Waals surface area contributed by atoms with E-state index in [9.17, 15) is 0 Å². The number of aryl methyl sites for hydroxylation is 2. The fraction of sp³-hybridized carbons (Fsp3) is 0.533. The Kier molecular flexibility index (Phi) is 1.78. The monoisotopic (exact) mass is 226 g/mol. The van der Waals surface area contributed by atoms with Gasteiger partial charge in [0.25, 0.3) is 0 Å². The van der Waals surface area contributed by atoms with Crippen LogP contribution >= 0.6 is 0 Å². The molecule has 88 valence electrons. The minimum absolute atomic E-state index is 0.757. The number of amidine groups is 1. The van der Waals surface area contributed by atoms with Gasteiger partial charge >= 0.3 is 0 Å². The first-order valence-corrected chi connectivity index (χ1v) is 6.68. The van der Waals surface area contributed by atoms with Gasteiger partial charge in [-0.05, 0) is 44.2 Å². The third kappa shape index (κ3) is 1.18. The second-order valence-electron chi connectivity index (χ2n) is 5.79. The number of nitrogens with zero attached hydrogens (tertiary/aromatic N) is 2. The van der Waals surface area contributed by atoms with Crippen molar-refractivity contribution in [1.29, 1.82) is 0 Å². The summed E-state index contributed by atoms with van der Waals surface area (Å²) < 4.78 is 0. The van der Waals surface area contributed by atoms with Crippen LogP contribution in [0, 0.1) is 19.8 Å². The smallest absolute Gasteiger partial charge is 0.109 e. The summed E-state index contributed by atoms with van der Waals surface area (Å²) in [6, 6.07) is 5.23. The number of hydrogen-bond donors (Lipinski definition) is 0. The van der Waals surface area contributed by atoms with Gasteiger partial charge in [-0.3, -0.25) is 0 Å². The van der Waals surface area contributed by atoms with E-state index in [1.165, 1.54) is 47.5 Å². The Balaban J connectivity index is 1.90. The highest BCUT2D eigenvalue weighted by Crippen LogP contribution is 2.45. The maximum Gasteiger partial charge on any atom is 0.109 e. The number of aliphatic imine (C=N–C) groups is 1. The predicted octanol–water partition coefficient (Wildman–Crippen LogP) is 3.33. The highest BCUT2D eigenvalue weighted by molar-refractivity contribution is 5.92. The molecule has 0 N–H and O–H groups in total. The van der Waals surface area contributed by atoms with E-state index in [1.807, 2.05) is 0 Å². The molecule has 0 aromatic heterocycles. The van der Waals surface area contributed by atoms with Gasteiger partial charge < -0.3 is 4.90 Å². The molecule has 0 amide bonds. The van der Waals surface area contributed by atoms with Crippen LogP contribution in [0.3, 0.4) is 0 Å². The molecule has 2 unspecified atom stereocenters. The fourth-order valence-corrected chi connectivity index (χ4v) is 3.76. The Bertz CT molecular complexity index is 530. The van der Waals surface area contributed by atoms with Gasteiger partial charge in [-0.1, -0.05) is 12.1 Å². The molecule has 1 aromatic rings. The van der Waals surface area contributed by atoms with Gasteiger partial charge in [-0.2, -0.15) is 0 Å². The zero-order valence-corrected chi connectivity index (χ0v) is 10.5. The van der Waals surface area contributed by atoms with Crippen molar-refractivity contribution < 1.29 is 0 Å². The minimum Gasteiger partial charge on any atom is -0.352 e. The van der Waals surface area contributed by atoms with E-state index in [0.717, 1.165) is 18.5 Å². The summed E-state index contributed by atoms with van der Waals surface area (Å²) in [6.45, 7) is 5.50. The molecule has 4 rings (SSSR count). The maximum absolute atomic E-state index is 4.99. The molecular weight excluding hydrogens is 208 g/mol. The highest BCUT2D eigenvalue weighted by Gasteiger charge is 2.44. The van der Waals surface area contributed by atoms with Gasteiger partial charge in [0, 0.05) is 24.1 Å². The average molecular weight is 226 g/mol. The van der Waals surface area contributed by atoms with Crippen LogP contribution in [0.25, 0.3) is 0 Å². The largest absolute Gasteiger partial charge is 0.352 e. The lowest BCUT2D eigenvalue weighted by Crippen LogP contribution is -2.38. The van der Waals surface area contributed by atoms with Gasteiger partial charge in [-0.15, -0.1) is 0 Å². The predicted molar refractivity (Wildman–Crippen MR) is 69.7 cm³/mol. The first-order valence-electron chi connectivity index (χ1n) is 6.68. The fourth-order valence-electron chi connectivity index (χ4n) is 3.76. The van der Waals surface area contributed by atoms with Crippen molar-refractivity contribution in [3.8, 4) is 0 Å². The lowest BCUT2D eigenvalue weighted by atomic mass is 9.98. The quantitative estimate of drug-likeness (QED) is 0.662. The number of piperidine rings is 1. The standard InChI is InChI=1S/C15H18N2/c1-9-3-4-10(2)14-13(9)8-17-12-6-5-11(7-12)15(17)16-14/h3-4,11-12H,5-8H2,1-2H3. The highest BCUT2D eigenvalue weighted by atomic mass is 15.3. The zero-order chi connectivity index (χ0) is 11.6. The summed E-state index contributed by atoms with van der Waals surface area (Å²) >= 11 is 0. The molecule has 2 aliphatic heterocycles. The summed E-state index contributed by atoms with van der Waals surface area (Å²) in [4.78, 5) is 7.57. The second-order valence-corrected chi connectivity index (χ2v) is 5.79.